The van der Waals surface area contributed by atoms with Crippen molar-refractivity contribution in [3.8, 4) is 0 Å². The Morgan fingerprint density at radius 1 is 1.55 bits per heavy atom. The molecule has 0 saturated carbocycles. The molecule has 0 aliphatic heterocycles. The smallest absolute Gasteiger partial charge is 0.725 e. The van der Waals surface area contributed by atoms with E-state index < -0.39 is 10.4 Å². The number of hydrogen-bond acceptors (Lipinski definition) is 6. The maximum atomic E-state index is 9.76. The van der Waals surface area contributed by atoms with Crippen molar-refractivity contribution in [2.24, 2.45) is 5.73 Å². The summed E-state index contributed by atoms with van der Waals surface area (Å²) in [5.74, 6) is 0.415. The zero-order valence-electron chi connectivity index (χ0n) is 6.15. The summed E-state index contributed by atoms with van der Waals surface area (Å²) in [4.78, 5) is 0. The molecular weight excluding hydrogens is 201 g/mol. The van der Waals surface area contributed by atoms with Crippen molar-refractivity contribution in [3.63, 3.8) is 0 Å². The quantitative estimate of drug-likeness (QED) is 0.166. The van der Waals surface area contributed by atoms with Crippen LogP contribution in [0.5, 0.6) is 0 Å². The van der Waals surface area contributed by atoms with E-state index in [1.165, 1.54) is 0 Å². The van der Waals surface area contributed by atoms with E-state index in [0.29, 0.717) is 30.8 Å². The molecule has 0 unspecified atom stereocenters. The molecule has 5 nitrogen and oxygen atoms in total. The van der Waals surface area contributed by atoms with Crippen LogP contribution in [-0.2, 0) is 14.0 Å². The molecule has 8 heteroatoms. The first-order chi connectivity index (χ1) is 4.56. The van der Waals surface area contributed by atoms with Gasteiger partial charge in [0.05, 0.1) is 0 Å². The predicted molar refractivity (Wildman–Crippen MR) is 36.9 cm³/mol. The summed E-state index contributed by atoms with van der Waals surface area (Å²) in [6.45, 7) is 0.454. The van der Waals surface area contributed by atoms with Gasteiger partial charge in [0.15, 0.2) is 0 Å². The normalized spacial score (nSPS) is 10.7. The zero-order valence-corrected chi connectivity index (χ0v) is 9.78. The summed E-state index contributed by atoms with van der Waals surface area (Å²) < 4.78 is 33.1. The van der Waals surface area contributed by atoms with Crippen LogP contribution in [-0.4, -0.2) is 25.3 Å². The molecule has 0 saturated heterocycles. The van der Waals surface area contributed by atoms with Gasteiger partial charge in [0, 0.05) is 17.8 Å². The van der Waals surface area contributed by atoms with Crippen LogP contribution in [0.2, 0.25) is 0 Å². The third kappa shape index (κ3) is 14.1. The van der Waals surface area contributed by atoms with E-state index in [1.54, 1.807) is 0 Å². The number of hydrogen-bond donors (Lipinski definition) is 1. The molecule has 0 bridgehead atoms. The van der Waals surface area contributed by atoms with Gasteiger partial charge in [-0.15, -0.1) is 0 Å². The van der Waals surface area contributed by atoms with E-state index in [4.69, 9.17) is 5.73 Å². The summed E-state index contributed by atoms with van der Waals surface area (Å²) in [7, 11) is -4.53. The fraction of sp³-hybridized carbons (Fsp3) is 1.00. The van der Waals surface area contributed by atoms with E-state index in [1.807, 2.05) is 0 Å². The van der Waals surface area contributed by atoms with Crippen molar-refractivity contribution in [2.75, 3.05) is 12.3 Å². The molecule has 0 heterocycles. The van der Waals surface area contributed by atoms with Gasteiger partial charge in [-0.1, -0.05) is 0 Å². The Morgan fingerprint density at radius 3 is 2.45 bits per heavy atom. The molecule has 0 aromatic carbocycles. The Labute approximate surface area is 92.5 Å². The summed E-state index contributed by atoms with van der Waals surface area (Å²) in [6, 6.07) is 0. The number of rotatable bonds is 5. The van der Waals surface area contributed by atoms with E-state index in [9.17, 15) is 13.0 Å². The van der Waals surface area contributed by atoms with Gasteiger partial charge in [-0.2, -0.15) is 0 Å². The van der Waals surface area contributed by atoms with Gasteiger partial charge in [-0.25, -0.2) is 12.0 Å². The second kappa shape index (κ2) is 7.81. The van der Waals surface area contributed by atoms with Crippen molar-refractivity contribution in [3.05, 3.63) is 0 Å². The van der Waals surface area contributed by atoms with Crippen LogP contribution in [0.25, 0.3) is 0 Å². The van der Waals surface area contributed by atoms with Crippen LogP contribution in [0.4, 0.5) is 0 Å². The molecule has 0 aliphatic rings. The standard InChI is InChI=1S/C3H9NO4S2.Na/c4-2-1-3-9-8-10(5,6)7;/h1-4H2,(H,5,6,7);/q;+1/p-1. The first kappa shape index (κ1) is 14.7. The van der Waals surface area contributed by atoms with Crippen molar-refractivity contribution in [1.29, 1.82) is 0 Å². The van der Waals surface area contributed by atoms with E-state index in [0.717, 1.165) is 0 Å². The predicted octanol–water partition coefficient (Wildman–Crippen LogP) is -3.54. The fourth-order valence-electron chi connectivity index (χ4n) is 0.235. The van der Waals surface area contributed by atoms with Crippen molar-refractivity contribution < 1.29 is 46.2 Å². The first-order valence-electron chi connectivity index (χ1n) is 2.53. The Hall–Kier alpha value is 1.18. The van der Waals surface area contributed by atoms with E-state index in [2.05, 4.69) is 3.63 Å². The van der Waals surface area contributed by atoms with Gasteiger partial charge in [-0.05, 0) is 13.0 Å². The second-order valence-corrected chi connectivity index (χ2v) is 3.45. The maximum Gasteiger partial charge on any atom is 1.00 e. The SMILES string of the molecule is NCCCSOS(=O)(=O)[O-].[Na+]. The Morgan fingerprint density at radius 2 is 2.09 bits per heavy atom. The van der Waals surface area contributed by atoms with Gasteiger partial charge in [-0.3, -0.25) is 0 Å². The van der Waals surface area contributed by atoms with Crippen LogP contribution >= 0.6 is 12.0 Å². The van der Waals surface area contributed by atoms with Crippen molar-refractivity contribution in [1.82, 2.24) is 0 Å². The molecule has 62 valence electrons. The maximum absolute atomic E-state index is 9.76. The minimum absolute atomic E-state index is 0. The van der Waals surface area contributed by atoms with Crippen LogP contribution in [0.15, 0.2) is 0 Å². The van der Waals surface area contributed by atoms with Gasteiger partial charge in [0.25, 0.3) is 0 Å². The summed E-state index contributed by atoms with van der Waals surface area (Å²) in [5.41, 5.74) is 5.08. The summed E-state index contributed by atoms with van der Waals surface area (Å²) in [6.07, 6.45) is 0.625. The largest absolute Gasteiger partial charge is 1.00 e. The molecule has 0 rings (SSSR count). The molecular formula is C3H8NNaO4S2. The summed E-state index contributed by atoms with van der Waals surface area (Å²) in [5, 5.41) is 0. The average molecular weight is 209 g/mol. The molecule has 2 N–H and O–H groups in total. The van der Waals surface area contributed by atoms with E-state index >= 15 is 0 Å². The Balaban J connectivity index is 0. The zero-order chi connectivity index (χ0) is 8.04. The molecule has 0 amide bonds. The molecule has 11 heavy (non-hydrogen) atoms. The third-order valence-electron chi connectivity index (χ3n) is 0.563. The summed E-state index contributed by atoms with van der Waals surface area (Å²) >= 11 is 0.604. The van der Waals surface area contributed by atoms with E-state index in [-0.39, 0.29) is 29.6 Å². The first-order valence-corrected chi connectivity index (χ1v) is 4.77. The molecule has 0 aliphatic carbocycles. The van der Waals surface area contributed by atoms with Gasteiger partial charge >= 0.3 is 29.6 Å². The van der Waals surface area contributed by atoms with Gasteiger partial charge in [0.2, 0.25) is 10.4 Å². The van der Waals surface area contributed by atoms with Crippen LogP contribution in [0.3, 0.4) is 0 Å². The minimum Gasteiger partial charge on any atom is -0.725 e. The van der Waals surface area contributed by atoms with Gasteiger partial charge in [0.1, 0.15) is 0 Å². The monoisotopic (exact) mass is 209 g/mol. The van der Waals surface area contributed by atoms with Crippen molar-refractivity contribution in [2.45, 2.75) is 6.42 Å². The minimum atomic E-state index is -4.53. The van der Waals surface area contributed by atoms with Crippen LogP contribution < -0.4 is 35.3 Å². The molecule has 0 radical (unpaired) electrons. The molecule has 0 aromatic rings. The average Bonchev–Trinajstić information content (AvgIpc) is 1.78. The number of nitrogens with two attached hydrogens (primary N) is 1. The second-order valence-electron chi connectivity index (χ2n) is 1.44. The molecule has 0 fully saturated rings. The molecule has 0 spiro atoms. The molecule has 0 aromatic heterocycles. The topological polar surface area (TPSA) is 92.5 Å². The van der Waals surface area contributed by atoms with Crippen molar-refractivity contribution >= 4 is 22.4 Å². The third-order valence-corrected chi connectivity index (χ3v) is 2.07. The fourth-order valence-corrected chi connectivity index (χ4v) is 1.26. The Bertz CT molecular complexity index is 170. The Kier molecular flexibility index (Phi) is 10.4. The van der Waals surface area contributed by atoms with Crippen LogP contribution in [0, 0.1) is 0 Å². The van der Waals surface area contributed by atoms with Gasteiger partial charge < -0.3 is 10.3 Å². The van der Waals surface area contributed by atoms with Crippen LogP contribution in [0.1, 0.15) is 6.42 Å². The molecule has 0 atom stereocenters.